The van der Waals surface area contributed by atoms with E-state index >= 15 is 0 Å². The highest BCUT2D eigenvalue weighted by atomic mass is 31.2. The van der Waals surface area contributed by atoms with Gasteiger partial charge in [0.05, 0.1) is 74.8 Å². The smallest absolute Gasteiger partial charge is 0.192 e. The number of carbonyl (C=O) groups excluding carboxylic acids is 1. The van der Waals surface area contributed by atoms with Crippen molar-refractivity contribution >= 4 is 73.4 Å². The fourth-order valence-corrected chi connectivity index (χ4v) is 36.1. The summed E-state index contributed by atoms with van der Waals surface area (Å²) in [7, 11) is -15.0. The number of rotatable bonds is 30. The van der Waals surface area contributed by atoms with Crippen molar-refractivity contribution in [2.45, 2.75) is 563 Å². The molecule has 12 fully saturated rings. The van der Waals surface area contributed by atoms with Crippen molar-refractivity contribution in [3.8, 4) is 0 Å². The second-order valence-corrected chi connectivity index (χ2v) is 94.6. The Kier molecular flexibility index (Phi) is 40.4. The lowest BCUT2D eigenvalue weighted by molar-refractivity contribution is -0.131. The number of ketones is 1. The Morgan fingerprint density at radius 2 is 0.573 bits per heavy atom. The van der Waals surface area contributed by atoms with E-state index in [4.69, 9.17) is 55.0 Å². The minimum Gasteiger partial charge on any atom is -0.410 e. The zero-order chi connectivity index (χ0) is 112. The predicted molar refractivity (Wildman–Crippen MR) is 649 cm³/mol. The van der Waals surface area contributed by atoms with Crippen LogP contribution in [0.5, 0.6) is 0 Å². The van der Waals surface area contributed by atoms with Crippen molar-refractivity contribution in [3.63, 3.8) is 0 Å². The van der Waals surface area contributed by atoms with E-state index in [2.05, 4.69) is 337 Å². The number of ether oxygens (including phenoxy) is 6. The van der Waals surface area contributed by atoms with Gasteiger partial charge in [0, 0.05) is 48.9 Å². The van der Waals surface area contributed by atoms with E-state index in [-0.39, 0.29) is 89.1 Å². The molecule has 12 aliphatic rings. The molecule has 0 radical (unpaired) electrons. The Morgan fingerprint density at radius 1 is 0.340 bits per heavy atom. The van der Waals surface area contributed by atoms with Crippen molar-refractivity contribution in [2.75, 3.05) is 45.8 Å². The Hall–Kier alpha value is -2.14. The number of Topliss-reactive ketones (excluding diaryl/α,β-unsaturated/α-hetero) is 1. The van der Waals surface area contributed by atoms with Crippen LogP contribution in [0, 0.1) is 68.0 Å². The van der Waals surface area contributed by atoms with Gasteiger partial charge in [0.2, 0.25) is 0 Å². The van der Waals surface area contributed by atoms with Crippen LogP contribution >= 0.6 is 7.14 Å². The van der Waals surface area contributed by atoms with Gasteiger partial charge in [-0.1, -0.05) is 327 Å². The van der Waals surface area contributed by atoms with Gasteiger partial charge < -0.3 is 59.5 Å². The molecule has 14 nitrogen and oxygen atoms in total. The van der Waals surface area contributed by atoms with Gasteiger partial charge in [0.1, 0.15) is 29.7 Å². The normalized spacial score (nSPS) is 32.1. The Balaban J connectivity index is 0.000000196. The highest BCUT2D eigenvalue weighted by molar-refractivity contribution is 7.78. The Morgan fingerprint density at radius 3 is 0.813 bits per heavy atom. The van der Waals surface area contributed by atoms with E-state index in [1.54, 1.807) is 11.1 Å². The molecule has 3 spiro atoms. The van der Waals surface area contributed by atoms with E-state index in [1.165, 1.54) is 93.8 Å². The topological polar surface area (TPSA) is 155 Å². The molecule has 18 atom stereocenters. The van der Waals surface area contributed by atoms with Gasteiger partial charge in [-0.2, -0.15) is 0 Å². The molecule has 2 aromatic carbocycles. The second-order valence-electron chi connectivity index (χ2n) is 63.2. The first-order valence-electron chi connectivity index (χ1n) is 60.0. The van der Waals surface area contributed by atoms with E-state index < -0.39 is 57.0 Å². The molecule has 21 heteroatoms. The summed E-state index contributed by atoms with van der Waals surface area (Å²) < 4.78 is 96.2. The predicted octanol–water partition coefficient (Wildman–Crippen LogP) is 35.4. The summed E-state index contributed by atoms with van der Waals surface area (Å²) in [5.74, 6) is 4.02. The van der Waals surface area contributed by atoms with Crippen molar-refractivity contribution < 1.29 is 64.3 Å². The standard InChI is InChI=1S/2C39H72O4Si2.C33H51O4PSi2.C18H32O2/c2*1-28(40-24-23-35(2,3)4)31-20-21-32-30(17-16-22-38(31,32)11)19-18-29-25-33(42-44(12,13)36(5,6)7)39(27-41-39)34(26-29)43-45(14,15)37(8,9)10;1-31(2,3)39(7,8)36-29-23-26(24-30(33(29)25-35-33)37-40(9,10)32(4,5)6)21-22-38(34,27-17-13-11-14-18-27)28-19-15-12-16-20-28;1-13(20-12-11-17(2,3)4)14-8-9-15-16(19)7-6-10-18(14,15)5/h2*18-19,28,31-34H,16-17,20-27H2,1-15H3;11-21,29-30H,22-25H2,1-10H3;13-15H,6-12H2,1-5H3/b2*29-18?,30-19+;;/t2*28-,31?,32?,33-,34-,38?,39?;29-,30-,33?;13-,14?,15?,18?/m1111/s1. The van der Waals surface area contributed by atoms with Crippen molar-refractivity contribution in [2.24, 2.45) is 68.0 Å². The highest BCUT2D eigenvalue weighted by Crippen LogP contribution is 2.64. The van der Waals surface area contributed by atoms with Crippen LogP contribution in [-0.4, -0.2) is 173 Å². The molecule has 9 saturated carbocycles. The van der Waals surface area contributed by atoms with E-state index in [0.717, 1.165) is 121 Å². The van der Waals surface area contributed by atoms with Gasteiger partial charge in [-0.25, -0.2) is 0 Å². The van der Waals surface area contributed by atoms with Gasteiger partial charge in [-0.05, 0) is 339 Å². The molecule has 3 saturated heterocycles. The molecular formula is C129H227O14PSi6. The first-order valence-corrected chi connectivity index (χ1v) is 79.3. The number of hydrogen-bond acceptors (Lipinski definition) is 14. The number of allylic oxidation sites excluding steroid dienone is 7. The van der Waals surface area contributed by atoms with Crippen molar-refractivity contribution in [1.82, 2.24) is 0 Å². The van der Waals surface area contributed by atoms with Crippen molar-refractivity contribution in [3.05, 3.63) is 119 Å². The fourth-order valence-electron chi connectivity index (χ4n) is 25.4. The molecule has 2 aromatic rings. The Bertz CT molecular complexity index is 4630. The number of epoxide rings is 3. The largest absolute Gasteiger partial charge is 0.410 e. The monoisotopic (exact) mass is 2200 g/mol. The van der Waals surface area contributed by atoms with Crippen LogP contribution in [0.3, 0.4) is 0 Å². The Labute approximate surface area is 927 Å². The lowest BCUT2D eigenvalue weighted by Crippen LogP contribution is -2.57. The minimum atomic E-state index is -2.85. The summed E-state index contributed by atoms with van der Waals surface area (Å²) in [6.45, 7) is 110. The number of hydrogen-bond donors (Lipinski definition) is 0. The van der Waals surface area contributed by atoms with E-state index in [1.807, 2.05) is 60.7 Å². The van der Waals surface area contributed by atoms with Crippen LogP contribution in [-0.2, 0) is 64.3 Å². The summed E-state index contributed by atoms with van der Waals surface area (Å²) >= 11 is 0. The molecular weight excluding hydrogens is 1970 g/mol. The summed E-state index contributed by atoms with van der Waals surface area (Å²) in [6, 6.07) is 19.9. The van der Waals surface area contributed by atoms with Crippen LogP contribution < -0.4 is 10.6 Å². The molecule has 0 aromatic heterocycles. The van der Waals surface area contributed by atoms with Crippen LogP contribution in [0.15, 0.2) is 119 Å². The third-order valence-electron chi connectivity index (χ3n) is 42.3. The first-order chi connectivity index (χ1) is 68.5. The minimum absolute atomic E-state index is 0.0593. The molecule has 0 N–H and O–H groups in total. The molecule has 3 heterocycles. The highest BCUT2D eigenvalue weighted by Gasteiger charge is 2.68. The summed E-state index contributed by atoms with van der Waals surface area (Å²) in [5, 5.41) is 2.61. The van der Waals surface area contributed by atoms with Gasteiger partial charge >= 0.3 is 0 Å². The molecule has 0 bridgehead atoms. The van der Waals surface area contributed by atoms with Crippen LogP contribution in [0.25, 0.3) is 0 Å². The maximum Gasteiger partial charge on any atom is 0.192 e. The summed E-state index contributed by atoms with van der Waals surface area (Å²) in [5.41, 5.74) is 8.49. The van der Waals surface area contributed by atoms with Crippen LogP contribution in [0.2, 0.25) is 109 Å². The third kappa shape index (κ3) is 30.3. The van der Waals surface area contributed by atoms with E-state index in [0.29, 0.717) is 99.4 Å². The van der Waals surface area contributed by atoms with Crippen molar-refractivity contribution in [1.29, 1.82) is 0 Å². The SMILES string of the molecule is CC(C)(C)[Si](C)(C)O[C@@H]1CC(=CCP(=O)(c2ccccc2)c2ccccc2)C[C@@H](O[Si](C)(C)C(C)(C)C)C12CO2.C[C@@H](OCCC(C)(C)C)C1CCC2/C(=C/C=C3C[C@@H](O[Si](C)(C)C(C)(C)C)C4(CO4)[C@H](O[Si](C)(C)C(C)(C)C)C3)CCCC21C.C[C@@H](OCCC(C)(C)C)C1CCC2/C(=C/C=C3C[C@@H](O[Si](C)(C)C(C)(C)C)C4(CO4)[C@H](O[Si](C)(C)C(C)(C)C)C3)CCCC21C.C[C@@H](OCCC(C)(C)C)C1CCC2C(=O)CCCC21C. The zero-order valence-electron chi connectivity index (χ0n) is 105. The molecule has 856 valence electrons. The lowest BCUT2D eigenvalue weighted by Gasteiger charge is -2.48. The van der Waals surface area contributed by atoms with Crippen LogP contribution in [0.1, 0.15) is 383 Å². The summed E-state index contributed by atoms with van der Waals surface area (Å²) in [4.78, 5) is 12.2. The van der Waals surface area contributed by atoms with Crippen LogP contribution in [0.4, 0.5) is 0 Å². The maximum absolute atomic E-state index is 14.8. The molecule has 3 aliphatic heterocycles. The van der Waals surface area contributed by atoms with Gasteiger partial charge in [0.15, 0.2) is 49.9 Å². The third-order valence-corrected chi connectivity index (χ3v) is 72.2. The zero-order valence-corrected chi connectivity index (χ0v) is 112. The lowest BCUT2D eigenvalue weighted by atomic mass is 9.62. The molecule has 150 heavy (non-hydrogen) atoms. The fraction of sp³-hybridized carbons (Fsp3) is 0.822. The quantitative estimate of drug-likeness (QED) is 0.0315. The molecule has 9 aliphatic carbocycles. The molecule has 0 amide bonds. The van der Waals surface area contributed by atoms with Gasteiger partial charge in [0.25, 0.3) is 0 Å². The maximum atomic E-state index is 14.8. The average Bonchev–Trinajstić information content (AvgIpc) is 1.57. The number of fused-ring (bicyclic) bond motifs is 3. The molecule has 14 rings (SSSR count). The van der Waals surface area contributed by atoms with Gasteiger partial charge in [-0.15, -0.1) is 0 Å². The van der Waals surface area contributed by atoms with Gasteiger partial charge in [-0.3, -0.25) is 4.79 Å². The van der Waals surface area contributed by atoms with E-state index in [9.17, 15) is 9.36 Å². The average molecular weight is 2200 g/mol. The summed E-state index contributed by atoms with van der Waals surface area (Å²) in [6.07, 6.45) is 40.9. The number of benzene rings is 2. The number of carbonyl (C=O) groups is 1. The first kappa shape index (κ1) is 128. The molecule has 9 unspecified atom stereocenters. The second kappa shape index (κ2) is 47.4.